The monoisotopic (exact) mass is 198 g/mol. The SMILES string of the molecule is COc1c(F)cc(C)c(C(C)=O)c1O. The van der Waals surface area contributed by atoms with Gasteiger partial charge in [0.1, 0.15) is 0 Å². The number of rotatable bonds is 2. The van der Waals surface area contributed by atoms with E-state index in [2.05, 4.69) is 4.74 Å². The molecule has 0 fully saturated rings. The highest BCUT2D eigenvalue weighted by Crippen LogP contribution is 2.35. The average molecular weight is 198 g/mol. The van der Waals surface area contributed by atoms with Gasteiger partial charge in [-0.05, 0) is 25.5 Å². The maximum atomic E-state index is 13.2. The summed E-state index contributed by atoms with van der Waals surface area (Å²) in [4.78, 5) is 11.1. The third kappa shape index (κ3) is 1.55. The second-order valence-electron chi connectivity index (χ2n) is 2.99. The third-order valence-corrected chi connectivity index (χ3v) is 1.96. The topological polar surface area (TPSA) is 46.5 Å². The van der Waals surface area contributed by atoms with Crippen LogP contribution in [0.5, 0.6) is 11.5 Å². The molecule has 1 rings (SSSR count). The fraction of sp³-hybridized carbons (Fsp3) is 0.300. The summed E-state index contributed by atoms with van der Waals surface area (Å²) < 4.78 is 17.8. The lowest BCUT2D eigenvalue weighted by molar-refractivity contribution is 0.101. The van der Waals surface area contributed by atoms with Gasteiger partial charge in [-0.25, -0.2) is 4.39 Å². The normalized spacial score (nSPS) is 10.0. The molecule has 0 radical (unpaired) electrons. The highest BCUT2D eigenvalue weighted by Gasteiger charge is 2.18. The Morgan fingerprint density at radius 2 is 2.14 bits per heavy atom. The van der Waals surface area contributed by atoms with Crippen molar-refractivity contribution in [2.24, 2.45) is 0 Å². The number of methoxy groups -OCH3 is 1. The van der Waals surface area contributed by atoms with Gasteiger partial charge in [-0.2, -0.15) is 0 Å². The van der Waals surface area contributed by atoms with Crippen LogP contribution in [0.25, 0.3) is 0 Å². The summed E-state index contributed by atoms with van der Waals surface area (Å²) in [6.07, 6.45) is 0. The van der Waals surface area contributed by atoms with E-state index in [0.717, 1.165) is 6.07 Å². The van der Waals surface area contributed by atoms with Crippen LogP contribution >= 0.6 is 0 Å². The molecule has 1 aromatic rings. The van der Waals surface area contributed by atoms with Crippen molar-refractivity contribution in [1.82, 2.24) is 0 Å². The van der Waals surface area contributed by atoms with Gasteiger partial charge in [0.2, 0.25) is 0 Å². The minimum absolute atomic E-state index is 0.100. The molecule has 0 aliphatic heterocycles. The van der Waals surface area contributed by atoms with E-state index in [1.165, 1.54) is 14.0 Å². The van der Waals surface area contributed by atoms with E-state index >= 15 is 0 Å². The molecule has 0 unspecified atom stereocenters. The van der Waals surface area contributed by atoms with Crippen LogP contribution in [0, 0.1) is 12.7 Å². The van der Waals surface area contributed by atoms with Crippen molar-refractivity contribution in [1.29, 1.82) is 0 Å². The van der Waals surface area contributed by atoms with Crippen LogP contribution in [0.1, 0.15) is 22.8 Å². The number of carbonyl (C=O) groups excluding carboxylic acids is 1. The molecule has 76 valence electrons. The Labute approximate surface area is 81.1 Å². The number of phenolic OH excluding ortho intramolecular Hbond substituents is 1. The van der Waals surface area contributed by atoms with Crippen LogP contribution in [0.3, 0.4) is 0 Å². The van der Waals surface area contributed by atoms with E-state index in [1.54, 1.807) is 6.92 Å². The number of ketones is 1. The minimum atomic E-state index is -0.674. The summed E-state index contributed by atoms with van der Waals surface area (Å²) in [5.41, 5.74) is 0.497. The number of aromatic hydroxyl groups is 1. The lowest BCUT2D eigenvalue weighted by atomic mass is 10.0. The lowest BCUT2D eigenvalue weighted by Crippen LogP contribution is -2.00. The van der Waals surface area contributed by atoms with E-state index < -0.39 is 11.6 Å². The molecule has 0 bridgehead atoms. The summed E-state index contributed by atoms with van der Waals surface area (Å²) in [6.45, 7) is 2.86. The van der Waals surface area contributed by atoms with Crippen LogP contribution in [-0.2, 0) is 0 Å². The number of halogens is 1. The van der Waals surface area contributed by atoms with E-state index in [-0.39, 0.29) is 17.1 Å². The number of aryl methyl sites for hydroxylation is 1. The van der Waals surface area contributed by atoms with Crippen LogP contribution in [0.15, 0.2) is 6.07 Å². The molecule has 3 nitrogen and oxygen atoms in total. The van der Waals surface area contributed by atoms with Crippen molar-refractivity contribution >= 4 is 5.78 Å². The van der Waals surface area contributed by atoms with Crippen molar-refractivity contribution in [2.75, 3.05) is 7.11 Å². The van der Waals surface area contributed by atoms with Crippen LogP contribution in [0.2, 0.25) is 0 Å². The molecule has 0 spiro atoms. The van der Waals surface area contributed by atoms with Gasteiger partial charge in [0, 0.05) is 0 Å². The molecule has 0 amide bonds. The van der Waals surface area contributed by atoms with Crippen LogP contribution < -0.4 is 4.74 Å². The smallest absolute Gasteiger partial charge is 0.197 e. The first kappa shape index (κ1) is 10.5. The number of hydrogen-bond acceptors (Lipinski definition) is 3. The molecule has 14 heavy (non-hydrogen) atoms. The maximum Gasteiger partial charge on any atom is 0.197 e. The van der Waals surface area contributed by atoms with Crippen LogP contribution in [0.4, 0.5) is 4.39 Å². The van der Waals surface area contributed by atoms with Gasteiger partial charge < -0.3 is 9.84 Å². The Bertz CT molecular complexity index is 385. The summed E-state index contributed by atoms with van der Waals surface area (Å²) in [7, 11) is 1.23. The number of carbonyl (C=O) groups is 1. The maximum absolute atomic E-state index is 13.2. The van der Waals surface area contributed by atoms with Gasteiger partial charge in [0.25, 0.3) is 0 Å². The predicted octanol–water partition coefficient (Wildman–Crippen LogP) is 2.05. The third-order valence-electron chi connectivity index (χ3n) is 1.96. The molecular formula is C10H11FO3. The Hall–Kier alpha value is -1.58. The molecule has 4 heteroatoms. The first-order valence-electron chi connectivity index (χ1n) is 4.06. The molecule has 0 heterocycles. The van der Waals surface area contributed by atoms with E-state index in [1.807, 2.05) is 0 Å². The number of phenols is 1. The number of hydrogen-bond donors (Lipinski definition) is 1. The summed E-state index contributed by atoms with van der Waals surface area (Å²) in [5, 5.41) is 9.54. The van der Waals surface area contributed by atoms with Crippen LogP contribution in [-0.4, -0.2) is 18.0 Å². The quantitative estimate of drug-likeness (QED) is 0.740. The van der Waals surface area contributed by atoms with Gasteiger partial charge in [0.05, 0.1) is 12.7 Å². The molecule has 0 aromatic heterocycles. The minimum Gasteiger partial charge on any atom is -0.504 e. The van der Waals surface area contributed by atoms with E-state index in [4.69, 9.17) is 0 Å². The zero-order valence-electron chi connectivity index (χ0n) is 8.22. The molecule has 1 N–H and O–H groups in total. The van der Waals surface area contributed by atoms with E-state index in [0.29, 0.717) is 5.56 Å². The average Bonchev–Trinajstić information content (AvgIpc) is 2.02. The molecule has 0 atom stereocenters. The number of ether oxygens (including phenoxy) is 1. The second kappa shape index (κ2) is 3.65. The van der Waals surface area contributed by atoms with Gasteiger partial charge in [-0.1, -0.05) is 0 Å². The van der Waals surface area contributed by atoms with Crippen molar-refractivity contribution < 1.29 is 19.0 Å². The molecule has 0 aliphatic rings. The summed E-state index contributed by atoms with van der Waals surface area (Å²) in [6, 6.07) is 1.16. The van der Waals surface area contributed by atoms with Crippen molar-refractivity contribution in [3.05, 3.63) is 23.0 Å². The highest BCUT2D eigenvalue weighted by atomic mass is 19.1. The standard InChI is InChI=1S/C10H11FO3/c1-5-4-7(11)10(14-3)9(13)8(5)6(2)12/h4,13H,1-3H3. The second-order valence-corrected chi connectivity index (χ2v) is 2.99. The van der Waals surface area contributed by atoms with E-state index in [9.17, 15) is 14.3 Å². The van der Waals surface area contributed by atoms with Gasteiger partial charge in [-0.15, -0.1) is 0 Å². The fourth-order valence-electron chi connectivity index (χ4n) is 1.38. The largest absolute Gasteiger partial charge is 0.504 e. The molecule has 0 saturated carbocycles. The number of benzene rings is 1. The van der Waals surface area contributed by atoms with Gasteiger partial charge in [-0.3, -0.25) is 4.79 Å². The lowest BCUT2D eigenvalue weighted by Gasteiger charge is -2.10. The summed E-state index contributed by atoms with van der Waals surface area (Å²) >= 11 is 0. The number of Topliss-reactive ketones (excluding diaryl/α,β-unsaturated/α-hetero) is 1. The van der Waals surface area contributed by atoms with Gasteiger partial charge in [0.15, 0.2) is 23.1 Å². The zero-order chi connectivity index (χ0) is 10.9. The van der Waals surface area contributed by atoms with Gasteiger partial charge >= 0.3 is 0 Å². The Morgan fingerprint density at radius 1 is 1.57 bits per heavy atom. The predicted molar refractivity (Wildman–Crippen MR) is 49.4 cm³/mol. The molecular weight excluding hydrogens is 187 g/mol. The Kier molecular flexibility index (Phi) is 2.74. The molecule has 1 aromatic carbocycles. The summed E-state index contributed by atoms with van der Waals surface area (Å²) in [5.74, 6) is -1.72. The first-order chi connectivity index (χ1) is 6.49. The Morgan fingerprint density at radius 3 is 2.57 bits per heavy atom. The van der Waals surface area contributed by atoms with Crippen molar-refractivity contribution in [3.8, 4) is 11.5 Å². The van der Waals surface area contributed by atoms with Crippen molar-refractivity contribution in [3.63, 3.8) is 0 Å². The first-order valence-corrected chi connectivity index (χ1v) is 4.06. The fourth-order valence-corrected chi connectivity index (χ4v) is 1.38. The molecule has 0 saturated heterocycles. The Balaban J connectivity index is 3.52. The molecule has 0 aliphatic carbocycles. The highest BCUT2D eigenvalue weighted by molar-refractivity contribution is 5.99. The zero-order valence-corrected chi connectivity index (χ0v) is 8.22. The van der Waals surface area contributed by atoms with Crippen molar-refractivity contribution in [2.45, 2.75) is 13.8 Å².